The van der Waals surface area contributed by atoms with Crippen molar-refractivity contribution in [2.24, 2.45) is 11.3 Å². The van der Waals surface area contributed by atoms with Gasteiger partial charge < -0.3 is 4.74 Å². The molecule has 1 heterocycles. The van der Waals surface area contributed by atoms with E-state index < -0.39 is 0 Å². The lowest BCUT2D eigenvalue weighted by molar-refractivity contribution is -0.144. The molecule has 0 radical (unpaired) electrons. The van der Waals surface area contributed by atoms with Crippen molar-refractivity contribution in [3.63, 3.8) is 0 Å². The number of fused-ring (bicyclic) bond motifs is 1. The number of ether oxygens (including phenoxy) is 1. The van der Waals surface area contributed by atoms with Crippen LogP contribution in [-0.2, 0) is 9.53 Å². The highest BCUT2D eigenvalue weighted by Gasteiger charge is 2.56. The Kier molecular flexibility index (Phi) is 1.79. The van der Waals surface area contributed by atoms with Crippen molar-refractivity contribution in [2.75, 3.05) is 0 Å². The van der Waals surface area contributed by atoms with E-state index in [0.29, 0.717) is 5.76 Å². The van der Waals surface area contributed by atoms with E-state index in [2.05, 4.69) is 13.2 Å². The average molecular weight is 178 g/mol. The number of esters is 1. The molecule has 0 aromatic carbocycles. The zero-order chi connectivity index (χ0) is 9.47. The monoisotopic (exact) mass is 178 g/mol. The first-order valence-corrected chi connectivity index (χ1v) is 4.73. The summed E-state index contributed by atoms with van der Waals surface area (Å²) >= 11 is 0. The Morgan fingerprint density at radius 1 is 1.69 bits per heavy atom. The number of carbonyl (C=O) groups is 1. The van der Waals surface area contributed by atoms with Crippen LogP contribution in [0.4, 0.5) is 0 Å². The summed E-state index contributed by atoms with van der Waals surface area (Å²) in [6.45, 7) is 7.50. The molecule has 70 valence electrons. The quantitative estimate of drug-likeness (QED) is 0.479. The van der Waals surface area contributed by atoms with E-state index in [1.165, 1.54) is 0 Å². The number of allylic oxidation sites excluding steroid dienone is 2. The van der Waals surface area contributed by atoms with Gasteiger partial charge in [0.2, 0.25) is 0 Å². The Hall–Kier alpha value is -1.05. The van der Waals surface area contributed by atoms with E-state index >= 15 is 0 Å². The number of rotatable bonds is 2. The topological polar surface area (TPSA) is 26.3 Å². The first-order valence-electron chi connectivity index (χ1n) is 4.73. The van der Waals surface area contributed by atoms with Crippen LogP contribution in [0.1, 0.15) is 25.7 Å². The second-order valence-electron chi connectivity index (χ2n) is 3.95. The molecule has 0 spiro atoms. The van der Waals surface area contributed by atoms with Crippen molar-refractivity contribution in [3.05, 3.63) is 25.0 Å². The van der Waals surface area contributed by atoms with Gasteiger partial charge in [-0.05, 0) is 19.3 Å². The summed E-state index contributed by atoms with van der Waals surface area (Å²) < 4.78 is 5.10. The summed E-state index contributed by atoms with van der Waals surface area (Å²) in [5.74, 6) is 0.835. The molecule has 2 fully saturated rings. The molecule has 1 saturated carbocycles. The van der Waals surface area contributed by atoms with Gasteiger partial charge in [-0.1, -0.05) is 19.1 Å². The van der Waals surface area contributed by atoms with Crippen LogP contribution in [0.3, 0.4) is 0 Å². The molecule has 2 atom stereocenters. The molecular weight excluding hydrogens is 164 g/mol. The van der Waals surface area contributed by atoms with Crippen molar-refractivity contribution in [2.45, 2.75) is 25.7 Å². The molecule has 2 rings (SSSR count). The molecule has 13 heavy (non-hydrogen) atoms. The first kappa shape index (κ1) is 8.54. The lowest BCUT2D eigenvalue weighted by Gasteiger charge is -2.21. The highest BCUT2D eigenvalue weighted by molar-refractivity contribution is 5.82. The third-order valence-corrected chi connectivity index (χ3v) is 3.31. The fourth-order valence-electron chi connectivity index (χ4n) is 2.66. The second kappa shape index (κ2) is 2.72. The number of hydrogen-bond acceptors (Lipinski definition) is 2. The third kappa shape index (κ3) is 0.978. The lowest BCUT2D eigenvalue weighted by atomic mass is 9.76. The Balaban J connectivity index is 2.36. The van der Waals surface area contributed by atoms with Crippen LogP contribution >= 0.6 is 0 Å². The van der Waals surface area contributed by atoms with Crippen molar-refractivity contribution in [3.8, 4) is 0 Å². The van der Waals surface area contributed by atoms with Crippen molar-refractivity contribution < 1.29 is 9.53 Å². The maximum atomic E-state index is 11.6. The van der Waals surface area contributed by atoms with E-state index in [1.807, 2.05) is 6.08 Å². The van der Waals surface area contributed by atoms with Crippen molar-refractivity contribution in [1.29, 1.82) is 0 Å². The van der Waals surface area contributed by atoms with Gasteiger partial charge in [-0.25, -0.2) is 0 Å². The maximum absolute atomic E-state index is 11.6. The fraction of sp³-hybridized carbons (Fsp3) is 0.545. The second-order valence-corrected chi connectivity index (χ2v) is 3.95. The summed E-state index contributed by atoms with van der Waals surface area (Å²) in [6, 6.07) is 0. The highest BCUT2D eigenvalue weighted by atomic mass is 16.5. The van der Waals surface area contributed by atoms with Crippen LogP contribution in [0, 0.1) is 11.3 Å². The number of carbonyl (C=O) groups excluding carboxylic acids is 1. The van der Waals surface area contributed by atoms with Crippen LogP contribution in [-0.4, -0.2) is 5.97 Å². The van der Waals surface area contributed by atoms with E-state index in [9.17, 15) is 4.79 Å². The zero-order valence-electron chi connectivity index (χ0n) is 7.71. The van der Waals surface area contributed by atoms with Gasteiger partial charge in [0.25, 0.3) is 0 Å². The predicted molar refractivity (Wildman–Crippen MR) is 49.8 cm³/mol. The summed E-state index contributed by atoms with van der Waals surface area (Å²) in [6.07, 6.45) is 5.63. The van der Waals surface area contributed by atoms with Crippen LogP contribution in [0.25, 0.3) is 0 Å². The van der Waals surface area contributed by atoms with Crippen molar-refractivity contribution in [1.82, 2.24) is 0 Å². The van der Waals surface area contributed by atoms with Gasteiger partial charge in [-0.2, -0.15) is 0 Å². The van der Waals surface area contributed by atoms with Gasteiger partial charge in [0.05, 0.1) is 5.41 Å². The molecule has 0 amide bonds. The van der Waals surface area contributed by atoms with Gasteiger partial charge in [0, 0.05) is 5.92 Å². The van der Waals surface area contributed by atoms with Crippen LogP contribution in [0.5, 0.6) is 0 Å². The average Bonchev–Trinajstić information content (AvgIpc) is 2.57. The van der Waals surface area contributed by atoms with E-state index in [-0.39, 0.29) is 17.3 Å². The molecule has 0 aromatic heterocycles. The van der Waals surface area contributed by atoms with Gasteiger partial charge in [0.1, 0.15) is 5.76 Å². The van der Waals surface area contributed by atoms with Crippen LogP contribution in [0.15, 0.2) is 25.0 Å². The summed E-state index contributed by atoms with van der Waals surface area (Å²) in [5.41, 5.74) is -0.293. The molecule has 1 aliphatic carbocycles. The molecule has 1 aliphatic heterocycles. The molecule has 0 aromatic rings. The van der Waals surface area contributed by atoms with E-state index in [1.54, 1.807) is 0 Å². The van der Waals surface area contributed by atoms with Gasteiger partial charge in [-0.3, -0.25) is 4.79 Å². The molecule has 0 bridgehead atoms. The minimum Gasteiger partial charge on any atom is -0.431 e. The molecule has 2 unspecified atom stereocenters. The Morgan fingerprint density at radius 3 is 3.15 bits per heavy atom. The van der Waals surface area contributed by atoms with E-state index in [0.717, 1.165) is 25.7 Å². The molecule has 2 nitrogen and oxygen atoms in total. The zero-order valence-corrected chi connectivity index (χ0v) is 7.71. The SMILES string of the molecule is C=CCC12CCCC1C(=C)OC2=O. The summed E-state index contributed by atoms with van der Waals surface area (Å²) in [4.78, 5) is 11.6. The van der Waals surface area contributed by atoms with Gasteiger partial charge in [-0.15, -0.1) is 6.58 Å². The molecule has 0 N–H and O–H groups in total. The maximum Gasteiger partial charge on any atom is 0.318 e. The highest BCUT2D eigenvalue weighted by Crippen LogP contribution is 2.54. The van der Waals surface area contributed by atoms with E-state index in [4.69, 9.17) is 4.74 Å². The van der Waals surface area contributed by atoms with Crippen LogP contribution in [0.2, 0.25) is 0 Å². The van der Waals surface area contributed by atoms with Gasteiger partial charge >= 0.3 is 5.97 Å². The Bertz CT molecular complexity index is 280. The lowest BCUT2D eigenvalue weighted by Crippen LogP contribution is -2.27. The summed E-state index contributed by atoms with van der Waals surface area (Å²) in [7, 11) is 0. The normalized spacial score (nSPS) is 37.4. The summed E-state index contributed by atoms with van der Waals surface area (Å²) in [5, 5.41) is 0. The van der Waals surface area contributed by atoms with Crippen molar-refractivity contribution >= 4 is 5.97 Å². The molecule has 2 heteroatoms. The third-order valence-electron chi connectivity index (χ3n) is 3.31. The standard InChI is InChI=1S/C11H14O2/c1-3-6-11-7-4-5-9(11)8(2)13-10(11)12/h3,9H,1-2,4-7H2. The predicted octanol–water partition coefficient (Wildman–Crippen LogP) is 2.42. The largest absolute Gasteiger partial charge is 0.431 e. The smallest absolute Gasteiger partial charge is 0.318 e. The fourth-order valence-corrected chi connectivity index (χ4v) is 2.66. The molecular formula is C11H14O2. The molecule has 2 aliphatic rings. The number of hydrogen-bond donors (Lipinski definition) is 0. The van der Waals surface area contributed by atoms with Gasteiger partial charge in [0.15, 0.2) is 0 Å². The number of cyclic esters (lactones) is 1. The Morgan fingerprint density at radius 2 is 2.46 bits per heavy atom. The van der Waals surface area contributed by atoms with Crippen LogP contribution < -0.4 is 0 Å². The minimum atomic E-state index is -0.293. The first-order chi connectivity index (χ1) is 6.20. The molecule has 1 saturated heterocycles. The Labute approximate surface area is 78.3 Å². The minimum absolute atomic E-state index is 0.0834.